The Morgan fingerprint density at radius 1 is 1.15 bits per heavy atom. The number of benzene rings is 1. The van der Waals surface area contributed by atoms with Crippen LogP contribution in [0.3, 0.4) is 0 Å². The number of nitrogens with zero attached hydrogens (tertiary/aromatic N) is 2. The summed E-state index contributed by atoms with van der Waals surface area (Å²) in [6, 6.07) is 10.0. The Bertz CT molecular complexity index is 731. The molecule has 0 bridgehead atoms. The van der Waals surface area contributed by atoms with Gasteiger partial charge in [0.15, 0.2) is 0 Å². The van der Waals surface area contributed by atoms with E-state index in [2.05, 4.69) is 6.07 Å². The van der Waals surface area contributed by atoms with Crippen LogP contribution >= 0.6 is 0 Å². The lowest BCUT2D eigenvalue weighted by Gasteiger charge is -2.15. The van der Waals surface area contributed by atoms with Gasteiger partial charge in [0.05, 0.1) is 0 Å². The van der Waals surface area contributed by atoms with Gasteiger partial charge in [0.25, 0.3) is 5.56 Å². The van der Waals surface area contributed by atoms with E-state index in [4.69, 9.17) is 0 Å². The summed E-state index contributed by atoms with van der Waals surface area (Å²) in [5.74, 6) is 0. The van der Waals surface area contributed by atoms with Gasteiger partial charge in [-0.05, 0) is 38.8 Å². The van der Waals surface area contributed by atoms with Crippen molar-refractivity contribution in [1.82, 2.24) is 4.57 Å². The minimum Gasteiger partial charge on any atom is -0.312 e. The average molecular weight is 266 g/mol. The first-order valence-corrected chi connectivity index (χ1v) is 6.68. The summed E-state index contributed by atoms with van der Waals surface area (Å²) in [5, 5.41) is 9.38. The van der Waals surface area contributed by atoms with Gasteiger partial charge in [-0.2, -0.15) is 5.26 Å². The van der Waals surface area contributed by atoms with Crippen LogP contribution in [0.25, 0.3) is 11.1 Å². The third-order valence-corrected chi connectivity index (χ3v) is 3.43. The zero-order valence-electron chi connectivity index (χ0n) is 12.3. The van der Waals surface area contributed by atoms with E-state index >= 15 is 0 Å². The standard InChI is InChI=1S/C17H18N2O/c1-11(2)19-10-13(4)16(15(9-18)17(19)20)14-7-5-12(3)6-8-14/h5-8,10-11H,1-4H3. The second kappa shape index (κ2) is 5.34. The molecule has 0 unspecified atom stereocenters. The lowest BCUT2D eigenvalue weighted by Crippen LogP contribution is -2.25. The van der Waals surface area contributed by atoms with E-state index in [-0.39, 0.29) is 17.2 Å². The quantitative estimate of drug-likeness (QED) is 0.834. The van der Waals surface area contributed by atoms with Crippen molar-refractivity contribution in [3.8, 4) is 17.2 Å². The first-order chi connectivity index (χ1) is 9.45. The molecule has 0 amide bonds. The number of hydrogen-bond donors (Lipinski definition) is 0. The molecule has 2 rings (SSSR count). The number of aryl methyl sites for hydroxylation is 2. The Morgan fingerprint density at radius 2 is 1.75 bits per heavy atom. The van der Waals surface area contributed by atoms with E-state index in [1.54, 1.807) is 4.57 Å². The van der Waals surface area contributed by atoms with Gasteiger partial charge in [0, 0.05) is 17.8 Å². The summed E-state index contributed by atoms with van der Waals surface area (Å²) in [6.07, 6.45) is 1.84. The van der Waals surface area contributed by atoms with Crippen LogP contribution < -0.4 is 5.56 Å². The fourth-order valence-corrected chi connectivity index (χ4v) is 2.34. The number of hydrogen-bond acceptors (Lipinski definition) is 2. The van der Waals surface area contributed by atoms with E-state index in [1.807, 2.05) is 58.2 Å². The van der Waals surface area contributed by atoms with Gasteiger partial charge in [-0.1, -0.05) is 29.8 Å². The first kappa shape index (κ1) is 14.1. The second-order valence-corrected chi connectivity index (χ2v) is 5.35. The fraction of sp³-hybridized carbons (Fsp3) is 0.294. The number of rotatable bonds is 2. The minimum absolute atomic E-state index is 0.0420. The number of pyridine rings is 1. The molecule has 2 aromatic rings. The van der Waals surface area contributed by atoms with Crippen molar-refractivity contribution in [1.29, 1.82) is 5.26 Å². The molecule has 3 nitrogen and oxygen atoms in total. The zero-order chi connectivity index (χ0) is 14.9. The molecule has 1 heterocycles. The molecule has 1 aromatic carbocycles. The average Bonchev–Trinajstić information content (AvgIpc) is 2.41. The predicted octanol–water partition coefficient (Wildman–Crippen LogP) is 3.58. The molecule has 0 atom stereocenters. The molecule has 0 saturated carbocycles. The Labute approximate surface area is 119 Å². The van der Waals surface area contributed by atoms with Crippen molar-refractivity contribution in [2.75, 3.05) is 0 Å². The van der Waals surface area contributed by atoms with E-state index < -0.39 is 0 Å². The predicted molar refractivity (Wildman–Crippen MR) is 80.7 cm³/mol. The number of aromatic nitrogens is 1. The van der Waals surface area contributed by atoms with Crippen molar-refractivity contribution in [2.24, 2.45) is 0 Å². The molecule has 20 heavy (non-hydrogen) atoms. The van der Waals surface area contributed by atoms with Crippen LogP contribution in [0.5, 0.6) is 0 Å². The smallest absolute Gasteiger partial charge is 0.269 e. The highest BCUT2D eigenvalue weighted by Gasteiger charge is 2.16. The molecule has 0 aliphatic rings. The summed E-state index contributed by atoms with van der Waals surface area (Å²) in [7, 11) is 0. The second-order valence-electron chi connectivity index (χ2n) is 5.35. The van der Waals surface area contributed by atoms with Crippen LogP contribution in [0.1, 0.15) is 36.6 Å². The maximum Gasteiger partial charge on any atom is 0.269 e. The summed E-state index contributed by atoms with van der Waals surface area (Å²) in [6.45, 7) is 7.83. The molecule has 0 aliphatic carbocycles. The van der Waals surface area contributed by atoms with Gasteiger partial charge in [-0.3, -0.25) is 4.79 Å². The van der Waals surface area contributed by atoms with Gasteiger partial charge in [0.1, 0.15) is 11.6 Å². The monoisotopic (exact) mass is 266 g/mol. The Kier molecular flexibility index (Phi) is 3.76. The Hall–Kier alpha value is -2.34. The molecule has 0 radical (unpaired) electrons. The van der Waals surface area contributed by atoms with E-state index in [0.717, 1.165) is 22.3 Å². The SMILES string of the molecule is Cc1ccc(-c2c(C)cn(C(C)C)c(=O)c2C#N)cc1. The molecule has 0 aliphatic heterocycles. The van der Waals surface area contributed by atoms with Gasteiger partial charge in [0.2, 0.25) is 0 Å². The van der Waals surface area contributed by atoms with Gasteiger partial charge >= 0.3 is 0 Å². The molecular weight excluding hydrogens is 248 g/mol. The van der Waals surface area contributed by atoms with Gasteiger partial charge in [-0.15, -0.1) is 0 Å². The molecule has 1 aromatic heterocycles. The van der Waals surface area contributed by atoms with Gasteiger partial charge in [-0.25, -0.2) is 0 Å². The van der Waals surface area contributed by atoms with Crippen molar-refractivity contribution in [3.63, 3.8) is 0 Å². The molecule has 0 N–H and O–H groups in total. The third kappa shape index (κ3) is 2.37. The highest BCUT2D eigenvalue weighted by atomic mass is 16.1. The zero-order valence-corrected chi connectivity index (χ0v) is 12.3. The van der Waals surface area contributed by atoms with E-state index in [9.17, 15) is 10.1 Å². The summed E-state index contributed by atoms with van der Waals surface area (Å²) in [4.78, 5) is 12.4. The molecule has 0 saturated heterocycles. The van der Waals surface area contributed by atoms with Crippen molar-refractivity contribution in [3.05, 3.63) is 57.5 Å². The Balaban J connectivity index is 2.78. The van der Waals surface area contributed by atoms with Crippen LogP contribution in [0, 0.1) is 25.2 Å². The van der Waals surface area contributed by atoms with E-state index in [1.165, 1.54) is 0 Å². The van der Waals surface area contributed by atoms with Crippen molar-refractivity contribution < 1.29 is 0 Å². The summed E-state index contributed by atoms with van der Waals surface area (Å²) in [5.41, 5.74) is 3.76. The topological polar surface area (TPSA) is 45.8 Å². The Morgan fingerprint density at radius 3 is 2.25 bits per heavy atom. The largest absolute Gasteiger partial charge is 0.312 e. The third-order valence-electron chi connectivity index (χ3n) is 3.43. The fourth-order valence-electron chi connectivity index (χ4n) is 2.34. The maximum atomic E-state index is 12.4. The van der Waals surface area contributed by atoms with E-state index in [0.29, 0.717) is 0 Å². The van der Waals surface area contributed by atoms with Crippen LogP contribution in [0.2, 0.25) is 0 Å². The molecule has 102 valence electrons. The van der Waals surface area contributed by atoms with Crippen LogP contribution in [-0.4, -0.2) is 4.57 Å². The lowest BCUT2D eigenvalue weighted by atomic mass is 9.96. The highest BCUT2D eigenvalue weighted by molar-refractivity contribution is 5.73. The molecule has 0 fully saturated rings. The highest BCUT2D eigenvalue weighted by Crippen LogP contribution is 2.26. The van der Waals surface area contributed by atoms with Gasteiger partial charge < -0.3 is 4.57 Å². The molecular formula is C17H18N2O. The summed E-state index contributed by atoms with van der Waals surface area (Å²) >= 11 is 0. The van der Waals surface area contributed by atoms with Crippen LogP contribution in [0.4, 0.5) is 0 Å². The normalized spacial score (nSPS) is 10.6. The van der Waals surface area contributed by atoms with Crippen molar-refractivity contribution >= 4 is 0 Å². The van der Waals surface area contributed by atoms with Crippen LogP contribution in [0.15, 0.2) is 35.3 Å². The number of nitriles is 1. The molecule has 0 spiro atoms. The van der Waals surface area contributed by atoms with Crippen molar-refractivity contribution in [2.45, 2.75) is 33.7 Å². The lowest BCUT2D eigenvalue weighted by molar-refractivity contribution is 0.575. The first-order valence-electron chi connectivity index (χ1n) is 6.68. The summed E-state index contributed by atoms with van der Waals surface area (Å²) < 4.78 is 1.62. The maximum absolute atomic E-state index is 12.4. The van der Waals surface area contributed by atoms with Crippen LogP contribution in [-0.2, 0) is 0 Å². The molecule has 3 heteroatoms. The minimum atomic E-state index is -0.219.